The maximum atomic E-state index is 8.92. The molecule has 0 saturated carbocycles. The maximum Gasteiger partial charge on any atom is 0.168 e. The molecule has 5 nitrogen and oxygen atoms in total. The first kappa shape index (κ1) is 13.8. The summed E-state index contributed by atoms with van der Waals surface area (Å²) in [5.74, 6) is 1.74. The van der Waals surface area contributed by atoms with Crippen LogP contribution in [0.15, 0.2) is 18.2 Å². The second-order valence-corrected chi connectivity index (χ2v) is 4.69. The van der Waals surface area contributed by atoms with Crippen molar-refractivity contribution < 1.29 is 4.74 Å². The topological polar surface area (TPSA) is 84.8 Å². The van der Waals surface area contributed by atoms with Gasteiger partial charge in [-0.05, 0) is 44.0 Å². The number of nitrogens with two attached hydrogens (primary N) is 1. The SMILES string of the molecule is Cc1cc(N)nc(COc2c(C)cc(C#N)cc2C)n1. The Kier molecular flexibility index (Phi) is 3.85. The van der Waals surface area contributed by atoms with Gasteiger partial charge in [-0.2, -0.15) is 5.26 Å². The molecule has 2 rings (SSSR count). The fourth-order valence-electron chi connectivity index (χ4n) is 2.10. The first-order valence-corrected chi connectivity index (χ1v) is 6.24. The first-order chi connectivity index (χ1) is 9.49. The van der Waals surface area contributed by atoms with E-state index in [0.717, 1.165) is 22.6 Å². The number of ether oxygens (including phenoxy) is 1. The third-order valence-corrected chi connectivity index (χ3v) is 2.86. The molecule has 0 atom stereocenters. The predicted molar refractivity (Wildman–Crippen MR) is 76.1 cm³/mol. The molecule has 0 amide bonds. The highest BCUT2D eigenvalue weighted by Gasteiger charge is 2.08. The van der Waals surface area contributed by atoms with Gasteiger partial charge in [0.2, 0.25) is 0 Å². The van der Waals surface area contributed by atoms with Crippen molar-refractivity contribution in [1.82, 2.24) is 9.97 Å². The molecule has 1 heterocycles. The fraction of sp³-hybridized carbons (Fsp3) is 0.267. The number of anilines is 1. The van der Waals surface area contributed by atoms with E-state index in [9.17, 15) is 0 Å². The summed E-state index contributed by atoms with van der Waals surface area (Å²) in [6.45, 7) is 5.93. The lowest BCUT2D eigenvalue weighted by Gasteiger charge is -2.12. The minimum atomic E-state index is 0.249. The van der Waals surface area contributed by atoms with Crippen molar-refractivity contribution in [2.24, 2.45) is 0 Å². The van der Waals surface area contributed by atoms with Crippen LogP contribution in [0.2, 0.25) is 0 Å². The molecule has 20 heavy (non-hydrogen) atoms. The van der Waals surface area contributed by atoms with Gasteiger partial charge in [-0.1, -0.05) is 0 Å². The van der Waals surface area contributed by atoms with Crippen molar-refractivity contribution in [3.05, 3.63) is 46.4 Å². The largest absolute Gasteiger partial charge is 0.485 e. The highest BCUT2D eigenvalue weighted by atomic mass is 16.5. The monoisotopic (exact) mass is 268 g/mol. The van der Waals surface area contributed by atoms with Crippen LogP contribution in [0, 0.1) is 32.1 Å². The lowest BCUT2D eigenvalue weighted by molar-refractivity contribution is 0.291. The molecule has 0 fully saturated rings. The molecule has 0 unspecified atom stereocenters. The van der Waals surface area contributed by atoms with E-state index in [1.54, 1.807) is 18.2 Å². The molecule has 0 spiro atoms. The average Bonchev–Trinajstić information content (AvgIpc) is 2.36. The van der Waals surface area contributed by atoms with Gasteiger partial charge in [0.05, 0.1) is 11.6 Å². The van der Waals surface area contributed by atoms with Crippen molar-refractivity contribution in [2.45, 2.75) is 27.4 Å². The summed E-state index contributed by atoms with van der Waals surface area (Å²) in [4.78, 5) is 8.41. The van der Waals surface area contributed by atoms with Gasteiger partial charge in [0.25, 0.3) is 0 Å². The Hall–Kier alpha value is -2.61. The van der Waals surface area contributed by atoms with Crippen molar-refractivity contribution in [3.8, 4) is 11.8 Å². The van der Waals surface area contributed by atoms with Crippen LogP contribution in [0.4, 0.5) is 5.82 Å². The number of benzene rings is 1. The van der Waals surface area contributed by atoms with E-state index < -0.39 is 0 Å². The molecule has 0 aliphatic carbocycles. The van der Waals surface area contributed by atoms with Gasteiger partial charge in [-0.3, -0.25) is 0 Å². The van der Waals surface area contributed by atoms with E-state index in [0.29, 0.717) is 17.2 Å². The third-order valence-electron chi connectivity index (χ3n) is 2.86. The lowest BCUT2D eigenvalue weighted by atomic mass is 10.1. The molecular weight excluding hydrogens is 252 g/mol. The van der Waals surface area contributed by atoms with Crippen LogP contribution < -0.4 is 10.5 Å². The first-order valence-electron chi connectivity index (χ1n) is 6.24. The molecular formula is C15H16N4O. The van der Waals surface area contributed by atoms with E-state index in [1.165, 1.54) is 0 Å². The number of aryl methyl sites for hydroxylation is 3. The van der Waals surface area contributed by atoms with Crippen LogP contribution in [-0.2, 0) is 6.61 Å². The summed E-state index contributed by atoms with van der Waals surface area (Å²) in [5, 5.41) is 8.92. The number of rotatable bonds is 3. The van der Waals surface area contributed by atoms with E-state index in [1.807, 2.05) is 20.8 Å². The zero-order valence-electron chi connectivity index (χ0n) is 11.8. The van der Waals surface area contributed by atoms with Crippen LogP contribution in [0.25, 0.3) is 0 Å². The Balaban J connectivity index is 2.21. The van der Waals surface area contributed by atoms with E-state index in [2.05, 4.69) is 16.0 Å². The van der Waals surface area contributed by atoms with Gasteiger partial charge in [-0.25, -0.2) is 9.97 Å². The molecule has 0 aliphatic rings. The Morgan fingerprint density at radius 1 is 1.15 bits per heavy atom. The van der Waals surface area contributed by atoms with Gasteiger partial charge >= 0.3 is 0 Å². The molecule has 0 saturated heterocycles. The lowest BCUT2D eigenvalue weighted by Crippen LogP contribution is -2.06. The van der Waals surface area contributed by atoms with Gasteiger partial charge in [0.15, 0.2) is 5.82 Å². The zero-order valence-corrected chi connectivity index (χ0v) is 11.8. The van der Waals surface area contributed by atoms with Gasteiger partial charge < -0.3 is 10.5 Å². The van der Waals surface area contributed by atoms with Crippen molar-refractivity contribution in [1.29, 1.82) is 5.26 Å². The standard InChI is InChI=1S/C15H16N4O/c1-9-4-12(7-16)5-10(2)15(9)20-8-14-18-11(3)6-13(17)19-14/h4-6H,8H2,1-3H3,(H2,17,18,19). The third kappa shape index (κ3) is 3.04. The second-order valence-electron chi connectivity index (χ2n) is 4.69. The summed E-state index contributed by atoms with van der Waals surface area (Å²) in [5.41, 5.74) is 8.96. The van der Waals surface area contributed by atoms with Crippen LogP contribution in [-0.4, -0.2) is 9.97 Å². The summed E-state index contributed by atoms with van der Waals surface area (Å²) in [6.07, 6.45) is 0. The van der Waals surface area contributed by atoms with Gasteiger partial charge in [0, 0.05) is 11.8 Å². The Bertz CT molecular complexity index is 646. The highest BCUT2D eigenvalue weighted by molar-refractivity contribution is 5.47. The molecule has 0 bridgehead atoms. The molecule has 2 aromatic rings. The van der Waals surface area contributed by atoms with Crippen molar-refractivity contribution >= 4 is 5.82 Å². The molecule has 1 aromatic carbocycles. The maximum absolute atomic E-state index is 8.92. The number of nitriles is 1. The minimum Gasteiger partial charge on any atom is -0.485 e. The Morgan fingerprint density at radius 3 is 2.35 bits per heavy atom. The van der Waals surface area contributed by atoms with E-state index in [4.69, 9.17) is 15.7 Å². The molecule has 102 valence electrons. The van der Waals surface area contributed by atoms with E-state index >= 15 is 0 Å². The van der Waals surface area contributed by atoms with Crippen LogP contribution in [0.3, 0.4) is 0 Å². The van der Waals surface area contributed by atoms with Crippen molar-refractivity contribution in [3.63, 3.8) is 0 Å². The van der Waals surface area contributed by atoms with Gasteiger partial charge in [0.1, 0.15) is 18.2 Å². The quantitative estimate of drug-likeness (QED) is 0.924. The average molecular weight is 268 g/mol. The number of nitrogens with zero attached hydrogens (tertiary/aromatic N) is 3. The number of nitrogen functional groups attached to an aromatic ring is 1. The summed E-state index contributed by atoms with van der Waals surface area (Å²) >= 11 is 0. The van der Waals surface area contributed by atoms with E-state index in [-0.39, 0.29) is 6.61 Å². The predicted octanol–water partition coefficient (Wildman–Crippen LogP) is 2.43. The number of aromatic nitrogens is 2. The molecule has 0 aliphatic heterocycles. The minimum absolute atomic E-state index is 0.249. The normalized spacial score (nSPS) is 10.1. The summed E-state index contributed by atoms with van der Waals surface area (Å²) in [7, 11) is 0. The Labute approximate surface area is 118 Å². The second kappa shape index (κ2) is 5.57. The number of hydrogen-bond donors (Lipinski definition) is 1. The summed E-state index contributed by atoms with van der Waals surface area (Å²) < 4.78 is 5.77. The molecule has 1 aromatic heterocycles. The highest BCUT2D eigenvalue weighted by Crippen LogP contribution is 2.25. The molecule has 2 N–H and O–H groups in total. The summed E-state index contributed by atoms with van der Waals surface area (Å²) in [6, 6.07) is 7.44. The molecule has 5 heteroatoms. The van der Waals surface area contributed by atoms with Crippen LogP contribution >= 0.6 is 0 Å². The van der Waals surface area contributed by atoms with Crippen LogP contribution in [0.5, 0.6) is 5.75 Å². The fourth-order valence-corrected chi connectivity index (χ4v) is 2.10. The Morgan fingerprint density at radius 2 is 1.80 bits per heavy atom. The molecule has 0 radical (unpaired) electrons. The van der Waals surface area contributed by atoms with Crippen molar-refractivity contribution in [2.75, 3.05) is 5.73 Å². The number of hydrogen-bond acceptors (Lipinski definition) is 5. The van der Waals surface area contributed by atoms with Gasteiger partial charge in [-0.15, -0.1) is 0 Å². The smallest absolute Gasteiger partial charge is 0.168 e. The van der Waals surface area contributed by atoms with Crippen LogP contribution in [0.1, 0.15) is 28.2 Å². The zero-order chi connectivity index (χ0) is 14.7.